The van der Waals surface area contributed by atoms with Crippen LogP contribution in [0.1, 0.15) is 24.5 Å². The van der Waals surface area contributed by atoms with Gasteiger partial charge in [0.1, 0.15) is 0 Å². The fourth-order valence-electron chi connectivity index (χ4n) is 2.71. The van der Waals surface area contributed by atoms with E-state index in [-0.39, 0.29) is 0 Å². The predicted octanol–water partition coefficient (Wildman–Crippen LogP) is 2.93. The number of halogens is 1. The Labute approximate surface area is 112 Å². The van der Waals surface area contributed by atoms with Gasteiger partial charge in [0, 0.05) is 30.1 Å². The minimum Gasteiger partial charge on any atom is -0.327 e. The molecule has 1 aliphatic rings. The first-order valence-corrected chi connectivity index (χ1v) is 7.07. The number of aryl methyl sites for hydroxylation is 1. The molecule has 2 atom stereocenters. The second-order valence-electron chi connectivity index (χ2n) is 5.38. The summed E-state index contributed by atoms with van der Waals surface area (Å²) in [4.78, 5) is 2.47. The van der Waals surface area contributed by atoms with E-state index in [1.807, 2.05) is 0 Å². The highest BCUT2D eigenvalue weighted by atomic mass is 79.9. The number of nitrogens with zero attached hydrogens (tertiary/aromatic N) is 1. The lowest BCUT2D eigenvalue weighted by Gasteiger charge is -2.34. The average molecular weight is 297 g/mol. The maximum Gasteiger partial charge on any atom is 0.0234 e. The van der Waals surface area contributed by atoms with Gasteiger partial charge in [0.2, 0.25) is 0 Å². The Balaban J connectivity index is 2.02. The number of nitrogens with two attached hydrogens (primary N) is 1. The Morgan fingerprint density at radius 1 is 1.41 bits per heavy atom. The smallest absolute Gasteiger partial charge is 0.0234 e. The van der Waals surface area contributed by atoms with Crippen molar-refractivity contribution in [3.05, 3.63) is 33.8 Å². The van der Waals surface area contributed by atoms with E-state index >= 15 is 0 Å². The Morgan fingerprint density at radius 2 is 2.18 bits per heavy atom. The minimum absolute atomic E-state index is 0.343. The summed E-state index contributed by atoms with van der Waals surface area (Å²) in [6.45, 7) is 7.64. The Bertz CT molecular complexity index is 382. The van der Waals surface area contributed by atoms with Gasteiger partial charge in [-0.05, 0) is 36.5 Å². The molecule has 2 nitrogen and oxygen atoms in total. The van der Waals surface area contributed by atoms with Gasteiger partial charge in [-0.1, -0.05) is 35.0 Å². The fraction of sp³-hybridized carbons (Fsp3) is 0.571. The maximum absolute atomic E-state index is 6.07. The predicted molar refractivity (Wildman–Crippen MR) is 75.9 cm³/mol. The van der Waals surface area contributed by atoms with Crippen LogP contribution < -0.4 is 5.73 Å². The zero-order chi connectivity index (χ0) is 12.4. The van der Waals surface area contributed by atoms with Crippen molar-refractivity contribution in [1.29, 1.82) is 0 Å². The molecule has 1 aromatic carbocycles. The summed E-state index contributed by atoms with van der Waals surface area (Å²) in [5, 5.41) is 0. The second-order valence-corrected chi connectivity index (χ2v) is 6.23. The van der Waals surface area contributed by atoms with Crippen molar-refractivity contribution in [2.24, 2.45) is 11.7 Å². The number of hydrogen-bond donors (Lipinski definition) is 1. The van der Waals surface area contributed by atoms with E-state index < -0.39 is 0 Å². The molecule has 1 saturated heterocycles. The van der Waals surface area contributed by atoms with E-state index in [1.165, 1.54) is 22.1 Å². The molecule has 2 N–H and O–H groups in total. The van der Waals surface area contributed by atoms with Crippen LogP contribution in [-0.2, 0) is 6.54 Å². The number of rotatable bonds is 2. The van der Waals surface area contributed by atoms with Crippen LogP contribution in [0, 0.1) is 12.8 Å². The summed E-state index contributed by atoms with van der Waals surface area (Å²) in [6.07, 6.45) is 1.16. The van der Waals surface area contributed by atoms with Gasteiger partial charge < -0.3 is 5.73 Å². The summed E-state index contributed by atoms with van der Waals surface area (Å²) in [5.41, 5.74) is 8.76. The molecule has 0 aliphatic carbocycles. The maximum atomic E-state index is 6.07. The van der Waals surface area contributed by atoms with E-state index in [0.29, 0.717) is 6.04 Å². The van der Waals surface area contributed by atoms with Crippen LogP contribution in [0.15, 0.2) is 22.7 Å². The standard InChI is InChI=1S/C14H21BrN2/c1-10-5-13(16)9-17(7-10)8-12-3-4-14(15)11(2)6-12/h3-4,6,10,13H,5,7-9,16H2,1-2H3. The molecule has 2 unspecified atom stereocenters. The van der Waals surface area contributed by atoms with Crippen LogP contribution in [0.2, 0.25) is 0 Å². The van der Waals surface area contributed by atoms with Crippen LogP contribution in [0.5, 0.6) is 0 Å². The molecule has 1 aromatic rings. The van der Waals surface area contributed by atoms with Gasteiger partial charge in [0.25, 0.3) is 0 Å². The van der Waals surface area contributed by atoms with Crippen molar-refractivity contribution in [2.75, 3.05) is 13.1 Å². The molecule has 1 aliphatic heterocycles. The van der Waals surface area contributed by atoms with Crippen LogP contribution >= 0.6 is 15.9 Å². The summed E-state index contributed by atoms with van der Waals surface area (Å²) < 4.78 is 1.19. The zero-order valence-corrected chi connectivity index (χ0v) is 12.2. The number of likely N-dealkylation sites (tertiary alicyclic amines) is 1. The van der Waals surface area contributed by atoms with Crippen molar-refractivity contribution in [1.82, 2.24) is 4.90 Å². The van der Waals surface area contributed by atoms with Crippen LogP contribution in [0.25, 0.3) is 0 Å². The molecular formula is C14H21BrN2. The molecule has 17 heavy (non-hydrogen) atoms. The third-order valence-corrected chi connectivity index (χ3v) is 4.29. The van der Waals surface area contributed by atoms with E-state index in [0.717, 1.165) is 25.4 Å². The van der Waals surface area contributed by atoms with Crippen molar-refractivity contribution in [3.63, 3.8) is 0 Å². The highest BCUT2D eigenvalue weighted by Gasteiger charge is 2.21. The van der Waals surface area contributed by atoms with Crippen molar-refractivity contribution >= 4 is 15.9 Å². The molecule has 1 heterocycles. The first-order valence-electron chi connectivity index (χ1n) is 6.27. The number of benzene rings is 1. The van der Waals surface area contributed by atoms with Gasteiger partial charge >= 0.3 is 0 Å². The van der Waals surface area contributed by atoms with Gasteiger partial charge in [-0.15, -0.1) is 0 Å². The zero-order valence-electron chi connectivity index (χ0n) is 10.6. The molecule has 0 amide bonds. The molecule has 3 heteroatoms. The Morgan fingerprint density at radius 3 is 2.82 bits per heavy atom. The lowest BCUT2D eigenvalue weighted by atomic mass is 9.96. The summed E-state index contributed by atoms with van der Waals surface area (Å²) in [5.74, 6) is 0.718. The third-order valence-electron chi connectivity index (χ3n) is 3.40. The highest BCUT2D eigenvalue weighted by molar-refractivity contribution is 9.10. The molecule has 0 saturated carbocycles. The molecule has 0 radical (unpaired) electrons. The van der Waals surface area contributed by atoms with Crippen LogP contribution in [-0.4, -0.2) is 24.0 Å². The highest BCUT2D eigenvalue weighted by Crippen LogP contribution is 2.21. The molecule has 0 bridgehead atoms. The summed E-state index contributed by atoms with van der Waals surface area (Å²) >= 11 is 3.54. The first-order chi connectivity index (χ1) is 8.04. The molecular weight excluding hydrogens is 276 g/mol. The number of hydrogen-bond acceptors (Lipinski definition) is 2. The van der Waals surface area contributed by atoms with Crippen LogP contribution in [0.3, 0.4) is 0 Å². The van der Waals surface area contributed by atoms with E-state index in [2.05, 4.69) is 52.9 Å². The summed E-state index contributed by atoms with van der Waals surface area (Å²) in [7, 11) is 0. The Kier molecular flexibility index (Phi) is 4.23. The van der Waals surface area contributed by atoms with Crippen molar-refractivity contribution in [3.8, 4) is 0 Å². The first kappa shape index (κ1) is 13.1. The largest absolute Gasteiger partial charge is 0.327 e. The summed E-state index contributed by atoms with van der Waals surface area (Å²) in [6, 6.07) is 6.93. The van der Waals surface area contributed by atoms with E-state index in [4.69, 9.17) is 5.73 Å². The third kappa shape index (κ3) is 3.54. The van der Waals surface area contributed by atoms with Gasteiger partial charge in [-0.25, -0.2) is 0 Å². The van der Waals surface area contributed by atoms with Gasteiger partial charge in [0.05, 0.1) is 0 Å². The molecule has 1 fully saturated rings. The van der Waals surface area contributed by atoms with Crippen molar-refractivity contribution in [2.45, 2.75) is 32.9 Å². The molecule has 94 valence electrons. The van der Waals surface area contributed by atoms with Gasteiger partial charge in [-0.2, -0.15) is 0 Å². The molecule has 0 aromatic heterocycles. The Hall–Kier alpha value is -0.380. The molecule has 0 spiro atoms. The monoisotopic (exact) mass is 296 g/mol. The molecule has 2 rings (SSSR count). The lowest BCUT2D eigenvalue weighted by Crippen LogP contribution is -2.45. The van der Waals surface area contributed by atoms with Crippen molar-refractivity contribution < 1.29 is 0 Å². The van der Waals surface area contributed by atoms with Crippen LogP contribution in [0.4, 0.5) is 0 Å². The van der Waals surface area contributed by atoms with E-state index in [9.17, 15) is 0 Å². The normalized spacial score (nSPS) is 26.1. The lowest BCUT2D eigenvalue weighted by molar-refractivity contribution is 0.158. The second kappa shape index (κ2) is 5.51. The topological polar surface area (TPSA) is 29.3 Å². The quantitative estimate of drug-likeness (QED) is 0.909. The number of piperidine rings is 1. The average Bonchev–Trinajstić information content (AvgIpc) is 2.22. The minimum atomic E-state index is 0.343. The SMILES string of the molecule is Cc1cc(CN2CC(C)CC(N)C2)ccc1Br. The van der Waals surface area contributed by atoms with E-state index in [1.54, 1.807) is 0 Å². The van der Waals surface area contributed by atoms with Gasteiger partial charge in [-0.3, -0.25) is 4.90 Å². The fourth-order valence-corrected chi connectivity index (χ4v) is 2.95. The van der Waals surface area contributed by atoms with Gasteiger partial charge in [0.15, 0.2) is 0 Å².